The van der Waals surface area contributed by atoms with Gasteiger partial charge in [0.25, 0.3) is 5.91 Å². The average molecular weight is 372 g/mol. The van der Waals surface area contributed by atoms with Gasteiger partial charge in [0, 0.05) is 37.2 Å². The van der Waals surface area contributed by atoms with Crippen molar-refractivity contribution in [2.75, 3.05) is 45.8 Å². The number of piperazine rings is 1. The molecule has 1 aromatic carbocycles. The zero-order valence-corrected chi connectivity index (χ0v) is 14.5. The molecule has 4 nitrogen and oxygen atoms in total. The van der Waals surface area contributed by atoms with E-state index in [1.807, 2.05) is 0 Å². The standard InChI is InChI=1S/C16H23BrFN3O/c1-2-20-8-10-21(11-9-20)7-3-6-19-16(22)14-12-13(17)4-5-15(14)18/h4-5,12H,2-3,6-11H2,1H3,(H,19,22). The molecule has 0 unspecified atom stereocenters. The maximum atomic E-state index is 13.6. The second-order valence-electron chi connectivity index (χ2n) is 5.51. The first kappa shape index (κ1) is 17.4. The molecule has 122 valence electrons. The van der Waals surface area contributed by atoms with E-state index in [9.17, 15) is 9.18 Å². The lowest BCUT2D eigenvalue weighted by Crippen LogP contribution is -2.46. The van der Waals surface area contributed by atoms with Gasteiger partial charge in [0.05, 0.1) is 5.56 Å². The first-order valence-corrected chi connectivity index (χ1v) is 8.57. The van der Waals surface area contributed by atoms with Gasteiger partial charge in [-0.15, -0.1) is 0 Å². The van der Waals surface area contributed by atoms with Crippen LogP contribution in [0.1, 0.15) is 23.7 Å². The van der Waals surface area contributed by atoms with Gasteiger partial charge in [-0.1, -0.05) is 22.9 Å². The van der Waals surface area contributed by atoms with E-state index < -0.39 is 5.82 Å². The lowest BCUT2D eigenvalue weighted by molar-refractivity contribution is 0.0944. The van der Waals surface area contributed by atoms with Crippen LogP contribution in [0.5, 0.6) is 0 Å². The lowest BCUT2D eigenvalue weighted by atomic mass is 10.2. The number of nitrogens with zero attached hydrogens (tertiary/aromatic N) is 2. The van der Waals surface area contributed by atoms with Crippen molar-refractivity contribution in [1.29, 1.82) is 0 Å². The van der Waals surface area contributed by atoms with Crippen LogP contribution in [0.3, 0.4) is 0 Å². The summed E-state index contributed by atoms with van der Waals surface area (Å²) in [4.78, 5) is 16.8. The molecule has 0 spiro atoms. The van der Waals surface area contributed by atoms with Crippen LogP contribution in [-0.2, 0) is 0 Å². The fraction of sp³-hybridized carbons (Fsp3) is 0.562. The Balaban J connectivity index is 1.68. The average Bonchev–Trinajstić information content (AvgIpc) is 2.54. The Bertz CT molecular complexity index is 504. The van der Waals surface area contributed by atoms with Gasteiger partial charge in [0.2, 0.25) is 0 Å². The van der Waals surface area contributed by atoms with Gasteiger partial charge in [-0.25, -0.2) is 4.39 Å². The number of halogens is 2. The first-order chi connectivity index (χ1) is 10.6. The van der Waals surface area contributed by atoms with Gasteiger partial charge < -0.3 is 15.1 Å². The van der Waals surface area contributed by atoms with E-state index in [4.69, 9.17) is 0 Å². The molecule has 0 saturated carbocycles. The molecule has 0 radical (unpaired) electrons. The molecule has 1 aliphatic rings. The molecule has 0 bridgehead atoms. The number of likely N-dealkylation sites (N-methyl/N-ethyl adjacent to an activating group) is 1. The van der Waals surface area contributed by atoms with Gasteiger partial charge in [-0.05, 0) is 37.7 Å². The van der Waals surface area contributed by atoms with Crippen molar-refractivity contribution in [3.8, 4) is 0 Å². The minimum Gasteiger partial charge on any atom is -0.352 e. The molecule has 0 aliphatic carbocycles. The maximum absolute atomic E-state index is 13.6. The summed E-state index contributed by atoms with van der Waals surface area (Å²) in [6.45, 7) is 9.24. The summed E-state index contributed by atoms with van der Waals surface area (Å²) in [6, 6.07) is 4.39. The molecular weight excluding hydrogens is 349 g/mol. The van der Waals surface area contributed by atoms with Crippen LogP contribution in [0.2, 0.25) is 0 Å². The molecular formula is C16H23BrFN3O. The summed E-state index contributed by atoms with van der Waals surface area (Å²) in [5.41, 5.74) is 0.0888. The Hall–Kier alpha value is -0.980. The molecule has 0 atom stereocenters. The second-order valence-corrected chi connectivity index (χ2v) is 6.43. The third kappa shape index (κ3) is 5.04. The zero-order valence-electron chi connectivity index (χ0n) is 12.9. The van der Waals surface area contributed by atoms with Crippen molar-refractivity contribution >= 4 is 21.8 Å². The summed E-state index contributed by atoms with van der Waals surface area (Å²) >= 11 is 3.25. The third-order valence-corrected chi connectivity index (χ3v) is 4.52. The van der Waals surface area contributed by atoms with Crippen molar-refractivity contribution in [2.45, 2.75) is 13.3 Å². The normalized spacial score (nSPS) is 16.7. The highest BCUT2D eigenvalue weighted by Gasteiger charge is 2.15. The molecule has 1 saturated heterocycles. The van der Waals surface area contributed by atoms with Crippen LogP contribution in [0.4, 0.5) is 4.39 Å². The van der Waals surface area contributed by atoms with E-state index in [0.29, 0.717) is 11.0 Å². The Kier molecular flexibility index (Phi) is 6.79. The monoisotopic (exact) mass is 371 g/mol. The van der Waals surface area contributed by atoms with Crippen molar-refractivity contribution < 1.29 is 9.18 Å². The number of nitrogens with one attached hydrogen (secondary N) is 1. The largest absolute Gasteiger partial charge is 0.352 e. The van der Waals surface area contributed by atoms with E-state index in [0.717, 1.165) is 45.7 Å². The summed E-state index contributed by atoms with van der Waals surface area (Å²) in [5, 5.41) is 2.79. The van der Waals surface area contributed by atoms with E-state index in [1.54, 1.807) is 6.07 Å². The molecule has 22 heavy (non-hydrogen) atoms. The third-order valence-electron chi connectivity index (χ3n) is 4.02. The van der Waals surface area contributed by atoms with Gasteiger partial charge in [-0.2, -0.15) is 0 Å². The fourth-order valence-electron chi connectivity index (χ4n) is 2.60. The highest BCUT2D eigenvalue weighted by Crippen LogP contribution is 2.15. The van der Waals surface area contributed by atoms with Crippen molar-refractivity contribution in [3.05, 3.63) is 34.1 Å². The van der Waals surface area contributed by atoms with E-state index in [2.05, 4.69) is 38.0 Å². The number of hydrogen-bond donors (Lipinski definition) is 1. The topological polar surface area (TPSA) is 35.6 Å². The van der Waals surface area contributed by atoms with Crippen LogP contribution >= 0.6 is 15.9 Å². The summed E-state index contributed by atoms with van der Waals surface area (Å²) < 4.78 is 14.3. The van der Waals surface area contributed by atoms with Gasteiger partial charge >= 0.3 is 0 Å². The molecule has 1 amide bonds. The highest BCUT2D eigenvalue weighted by molar-refractivity contribution is 9.10. The number of rotatable bonds is 6. The lowest BCUT2D eigenvalue weighted by Gasteiger charge is -2.33. The minimum atomic E-state index is -0.489. The maximum Gasteiger partial charge on any atom is 0.254 e. The second kappa shape index (κ2) is 8.60. The SMILES string of the molecule is CCN1CCN(CCCNC(=O)c2cc(Br)ccc2F)CC1. The molecule has 1 aliphatic heterocycles. The number of amides is 1. The van der Waals surface area contributed by atoms with Gasteiger partial charge in [0.15, 0.2) is 0 Å². The van der Waals surface area contributed by atoms with Crippen LogP contribution in [0.15, 0.2) is 22.7 Å². The van der Waals surface area contributed by atoms with Crippen molar-refractivity contribution in [1.82, 2.24) is 15.1 Å². The van der Waals surface area contributed by atoms with Crippen molar-refractivity contribution in [3.63, 3.8) is 0 Å². The van der Waals surface area contributed by atoms with Gasteiger partial charge in [0.1, 0.15) is 5.82 Å². The number of carbonyl (C=O) groups is 1. The minimum absolute atomic E-state index is 0.0888. The molecule has 6 heteroatoms. The fourth-order valence-corrected chi connectivity index (χ4v) is 2.96. The smallest absolute Gasteiger partial charge is 0.254 e. The predicted molar refractivity (Wildman–Crippen MR) is 89.6 cm³/mol. The van der Waals surface area contributed by atoms with Crippen LogP contribution in [0.25, 0.3) is 0 Å². The number of carbonyl (C=O) groups excluding carboxylic acids is 1. The Morgan fingerprint density at radius 1 is 1.27 bits per heavy atom. The molecule has 1 N–H and O–H groups in total. The predicted octanol–water partition coefficient (Wildman–Crippen LogP) is 2.35. The quantitative estimate of drug-likeness (QED) is 0.779. The summed E-state index contributed by atoms with van der Waals surface area (Å²) in [7, 11) is 0. The Morgan fingerprint density at radius 2 is 1.95 bits per heavy atom. The molecule has 1 heterocycles. The van der Waals surface area contributed by atoms with Crippen molar-refractivity contribution in [2.24, 2.45) is 0 Å². The van der Waals surface area contributed by atoms with Crippen LogP contribution in [-0.4, -0.2) is 61.5 Å². The van der Waals surface area contributed by atoms with E-state index in [-0.39, 0.29) is 11.5 Å². The van der Waals surface area contributed by atoms with Crippen LogP contribution < -0.4 is 5.32 Å². The summed E-state index contributed by atoms with van der Waals surface area (Å²) in [5.74, 6) is -0.842. The Morgan fingerprint density at radius 3 is 2.64 bits per heavy atom. The first-order valence-electron chi connectivity index (χ1n) is 7.78. The Labute approximate surface area is 139 Å². The molecule has 0 aromatic heterocycles. The molecule has 1 aromatic rings. The summed E-state index contributed by atoms with van der Waals surface area (Å²) in [6.07, 6.45) is 0.882. The molecule has 1 fully saturated rings. The van der Waals surface area contributed by atoms with E-state index >= 15 is 0 Å². The van der Waals surface area contributed by atoms with Gasteiger partial charge in [-0.3, -0.25) is 4.79 Å². The zero-order chi connectivity index (χ0) is 15.9. The van der Waals surface area contributed by atoms with Crippen LogP contribution in [0, 0.1) is 5.82 Å². The number of benzene rings is 1. The highest BCUT2D eigenvalue weighted by atomic mass is 79.9. The van der Waals surface area contributed by atoms with E-state index in [1.165, 1.54) is 12.1 Å². The molecule has 2 rings (SSSR count). The number of hydrogen-bond acceptors (Lipinski definition) is 3.